The SMILES string of the molecule is CCO[C@@H]1CCCCCC[C@@H]1NC. The monoisotopic (exact) mass is 185 g/mol. The average Bonchev–Trinajstić information content (AvgIpc) is 2.10. The van der Waals surface area contributed by atoms with Crippen LogP contribution in [-0.2, 0) is 4.74 Å². The van der Waals surface area contributed by atoms with E-state index in [2.05, 4.69) is 19.3 Å². The summed E-state index contributed by atoms with van der Waals surface area (Å²) in [6.07, 6.45) is 8.45. The van der Waals surface area contributed by atoms with Crippen LogP contribution in [0.4, 0.5) is 0 Å². The minimum atomic E-state index is 0.454. The summed E-state index contributed by atoms with van der Waals surface area (Å²) >= 11 is 0. The van der Waals surface area contributed by atoms with Gasteiger partial charge in [-0.2, -0.15) is 0 Å². The molecule has 2 atom stereocenters. The van der Waals surface area contributed by atoms with Crippen molar-refractivity contribution in [2.24, 2.45) is 0 Å². The minimum absolute atomic E-state index is 0.454. The molecule has 0 heterocycles. The highest BCUT2D eigenvalue weighted by Crippen LogP contribution is 2.19. The van der Waals surface area contributed by atoms with Gasteiger partial charge < -0.3 is 10.1 Å². The molecule has 1 fully saturated rings. The number of hydrogen-bond donors (Lipinski definition) is 1. The van der Waals surface area contributed by atoms with E-state index in [1.54, 1.807) is 0 Å². The predicted molar refractivity (Wildman–Crippen MR) is 56.0 cm³/mol. The fraction of sp³-hybridized carbons (Fsp3) is 1.00. The standard InChI is InChI=1S/C11H23NO/c1-3-13-11-9-7-5-4-6-8-10(11)12-2/h10-12H,3-9H2,1-2H3/t10-,11+/m0/s1. The van der Waals surface area contributed by atoms with Crippen molar-refractivity contribution in [2.45, 2.75) is 57.6 Å². The van der Waals surface area contributed by atoms with Gasteiger partial charge in [0, 0.05) is 12.6 Å². The summed E-state index contributed by atoms with van der Waals surface area (Å²) in [6, 6.07) is 0.584. The van der Waals surface area contributed by atoms with Crippen molar-refractivity contribution in [3.8, 4) is 0 Å². The van der Waals surface area contributed by atoms with Crippen LogP contribution in [0.2, 0.25) is 0 Å². The van der Waals surface area contributed by atoms with Crippen molar-refractivity contribution >= 4 is 0 Å². The third-order valence-electron chi connectivity index (χ3n) is 2.95. The van der Waals surface area contributed by atoms with Gasteiger partial charge in [-0.3, -0.25) is 0 Å². The molecule has 0 saturated heterocycles. The molecule has 13 heavy (non-hydrogen) atoms. The van der Waals surface area contributed by atoms with E-state index in [0.29, 0.717) is 12.1 Å². The summed E-state index contributed by atoms with van der Waals surface area (Å²) in [5.41, 5.74) is 0. The molecule has 1 saturated carbocycles. The Morgan fingerprint density at radius 1 is 1.15 bits per heavy atom. The van der Waals surface area contributed by atoms with E-state index in [9.17, 15) is 0 Å². The molecule has 0 aromatic rings. The average molecular weight is 185 g/mol. The summed E-state index contributed by atoms with van der Waals surface area (Å²) in [5, 5.41) is 3.38. The third kappa shape index (κ3) is 3.65. The Labute approximate surface area is 82.0 Å². The van der Waals surface area contributed by atoms with E-state index < -0.39 is 0 Å². The first-order valence-electron chi connectivity index (χ1n) is 5.67. The van der Waals surface area contributed by atoms with Gasteiger partial charge in [-0.15, -0.1) is 0 Å². The lowest BCUT2D eigenvalue weighted by Crippen LogP contribution is -2.40. The first-order chi connectivity index (χ1) is 6.38. The van der Waals surface area contributed by atoms with Gasteiger partial charge >= 0.3 is 0 Å². The largest absolute Gasteiger partial charge is 0.377 e. The highest BCUT2D eigenvalue weighted by molar-refractivity contribution is 4.77. The summed E-state index contributed by atoms with van der Waals surface area (Å²) < 4.78 is 5.76. The molecule has 0 aliphatic heterocycles. The quantitative estimate of drug-likeness (QED) is 0.728. The number of nitrogens with one attached hydrogen (secondary N) is 1. The summed E-state index contributed by atoms with van der Waals surface area (Å²) in [6.45, 7) is 2.94. The molecule has 1 aliphatic carbocycles. The van der Waals surface area contributed by atoms with Crippen LogP contribution < -0.4 is 5.32 Å². The van der Waals surface area contributed by atoms with Crippen LogP contribution in [-0.4, -0.2) is 25.8 Å². The molecule has 1 N–H and O–H groups in total. The highest BCUT2D eigenvalue weighted by atomic mass is 16.5. The van der Waals surface area contributed by atoms with Crippen LogP contribution in [0, 0.1) is 0 Å². The lowest BCUT2D eigenvalue weighted by Gasteiger charge is -2.28. The highest BCUT2D eigenvalue weighted by Gasteiger charge is 2.20. The van der Waals surface area contributed by atoms with Gasteiger partial charge in [0.05, 0.1) is 6.10 Å². The topological polar surface area (TPSA) is 21.3 Å². The lowest BCUT2D eigenvalue weighted by molar-refractivity contribution is 0.0229. The van der Waals surface area contributed by atoms with Crippen LogP contribution in [0.25, 0.3) is 0 Å². The van der Waals surface area contributed by atoms with Gasteiger partial charge in [0.25, 0.3) is 0 Å². The second kappa shape index (κ2) is 6.39. The summed E-state index contributed by atoms with van der Waals surface area (Å²) in [5.74, 6) is 0. The second-order valence-electron chi connectivity index (χ2n) is 3.88. The molecule has 0 aromatic carbocycles. The van der Waals surface area contributed by atoms with Crippen LogP contribution in [0.5, 0.6) is 0 Å². The zero-order valence-electron chi connectivity index (χ0n) is 9.01. The Morgan fingerprint density at radius 2 is 1.85 bits per heavy atom. The lowest BCUT2D eigenvalue weighted by atomic mass is 9.94. The molecule has 1 aliphatic rings. The normalized spacial score (nSPS) is 30.9. The maximum absolute atomic E-state index is 5.76. The van der Waals surface area contributed by atoms with Gasteiger partial charge in [-0.05, 0) is 26.8 Å². The van der Waals surface area contributed by atoms with E-state index in [4.69, 9.17) is 4.74 Å². The van der Waals surface area contributed by atoms with Gasteiger partial charge in [-0.1, -0.05) is 25.7 Å². The van der Waals surface area contributed by atoms with Crippen LogP contribution in [0.3, 0.4) is 0 Å². The number of hydrogen-bond acceptors (Lipinski definition) is 2. The van der Waals surface area contributed by atoms with E-state index in [-0.39, 0.29) is 0 Å². The Morgan fingerprint density at radius 3 is 2.46 bits per heavy atom. The molecule has 2 heteroatoms. The Hall–Kier alpha value is -0.0800. The van der Waals surface area contributed by atoms with E-state index in [1.807, 2.05) is 0 Å². The molecule has 0 aromatic heterocycles. The smallest absolute Gasteiger partial charge is 0.0727 e. The molecule has 0 amide bonds. The van der Waals surface area contributed by atoms with Gasteiger partial charge in [0.2, 0.25) is 0 Å². The van der Waals surface area contributed by atoms with Crippen molar-refractivity contribution < 1.29 is 4.74 Å². The van der Waals surface area contributed by atoms with Crippen LogP contribution in [0.15, 0.2) is 0 Å². The Bertz CT molecular complexity index is 127. The molecular formula is C11H23NO. The molecule has 0 bridgehead atoms. The molecule has 0 radical (unpaired) electrons. The van der Waals surface area contributed by atoms with Crippen molar-refractivity contribution in [3.05, 3.63) is 0 Å². The van der Waals surface area contributed by atoms with Crippen molar-refractivity contribution in [1.82, 2.24) is 5.32 Å². The summed E-state index contributed by atoms with van der Waals surface area (Å²) in [4.78, 5) is 0. The molecule has 0 spiro atoms. The number of likely N-dealkylation sites (N-methyl/N-ethyl adjacent to an activating group) is 1. The van der Waals surface area contributed by atoms with Gasteiger partial charge in [0.1, 0.15) is 0 Å². The Kier molecular flexibility index (Phi) is 5.40. The van der Waals surface area contributed by atoms with Crippen LogP contribution >= 0.6 is 0 Å². The van der Waals surface area contributed by atoms with Crippen LogP contribution in [0.1, 0.15) is 45.4 Å². The number of ether oxygens (including phenoxy) is 1. The van der Waals surface area contributed by atoms with E-state index in [0.717, 1.165) is 6.61 Å². The number of rotatable bonds is 3. The first kappa shape index (κ1) is 11.0. The molecule has 2 nitrogen and oxygen atoms in total. The van der Waals surface area contributed by atoms with E-state index in [1.165, 1.54) is 38.5 Å². The maximum atomic E-state index is 5.76. The molecule has 0 unspecified atom stereocenters. The maximum Gasteiger partial charge on any atom is 0.0727 e. The zero-order chi connectivity index (χ0) is 9.52. The van der Waals surface area contributed by atoms with E-state index >= 15 is 0 Å². The van der Waals surface area contributed by atoms with Crippen molar-refractivity contribution in [3.63, 3.8) is 0 Å². The summed E-state index contributed by atoms with van der Waals surface area (Å²) in [7, 11) is 2.05. The fourth-order valence-electron chi connectivity index (χ4n) is 2.19. The third-order valence-corrected chi connectivity index (χ3v) is 2.95. The predicted octanol–water partition coefficient (Wildman–Crippen LogP) is 2.33. The minimum Gasteiger partial charge on any atom is -0.377 e. The second-order valence-corrected chi connectivity index (χ2v) is 3.88. The van der Waals surface area contributed by atoms with Gasteiger partial charge in [0.15, 0.2) is 0 Å². The molecule has 78 valence electrons. The molecule has 1 rings (SSSR count). The molecular weight excluding hydrogens is 162 g/mol. The van der Waals surface area contributed by atoms with Crippen molar-refractivity contribution in [1.29, 1.82) is 0 Å². The Balaban J connectivity index is 2.40. The van der Waals surface area contributed by atoms with Crippen molar-refractivity contribution in [2.75, 3.05) is 13.7 Å². The van der Waals surface area contributed by atoms with Gasteiger partial charge in [-0.25, -0.2) is 0 Å². The fourth-order valence-corrected chi connectivity index (χ4v) is 2.19. The zero-order valence-corrected chi connectivity index (χ0v) is 9.01. The first-order valence-corrected chi connectivity index (χ1v) is 5.67.